The van der Waals surface area contributed by atoms with Crippen molar-refractivity contribution in [2.75, 3.05) is 4.90 Å². The maximum atomic E-state index is 13.4. The zero-order valence-corrected chi connectivity index (χ0v) is 18.0. The first-order valence-electron chi connectivity index (χ1n) is 10.7. The Bertz CT molecular complexity index is 1360. The molecule has 1 aliphatic heterocycles. The average molecular weight is 423 g/mol. The van der Waals surface area contributed by atoms with Crippen molar-refractivity contribution in [3.05, 3.63) is 101 Å². The molecule has 1 aliphatic rings. The molecule has 1 amide bonds. The third-order valence-corrected chi connectivity index (χ3v) is 7.30. The van der Waals surface area contributed by atoms with Gasteiger partial charge >= 0.3 is 0 Å². The fourth-order valence-electron chi connectivity index (χ4n) is 5.14. The molecule has 2 aromatic heterocycles. The summed E-state index contributed by atoms with van der Waals surface area (Å²) in [5, 5.41) is 4.52. The van der Waals surface area contributed by atoms with E-state index in [0.717, 1.165) is 17.0 Å². The summed E-state index contributed by atoms with van der Waals surface area (Å²) in [5.41, 5.74) is 4.71. The molecule has 0 bridgehead atoms. The van der Waals surface area contributed by atoms with Gasteiger partial charge in [0.15, 0.2) is 0 Å². The minimum Gasteiger partial charge on any atom is -0.333 e. The molecular weight excluding hydrogens is 400 g/mol. The van der Waals surface area contributed by atoms with E-state index in [2.05, 4.69) is 78.2 Å². The summed E-state index contributed by atoms with van der Waals surface area (Å²) in [6.07, 6.45) is 0.872. The van der Waals surface area contributed by atoms with Crippen LogP contribution in [-0.4, -0.2) is 16.5 Å². The fourth-order valence-corrected chi connectivity index (χ4v) is 5.80. The van der Waals surface area contributed by atoms with Crippen LogP contribution in [0.1, 0.15) is 34.6 Å². The highest BCUT2D eigenvalue weighted by molar-refractivity contribution is 7.12. The van der Waals surface area contributed by atoms with E-state index in [9.17, 15) is 4.79 Å². The van der Waals surface area contributed by atoms with E-state index in [1.807, 2.05) is 28.5 Å². The van der Waals surface area contributed by atoms with Crippen molar-refractivity contribution in [1.82, 2.24) is 4.57 Å². The van der Waals surface area contributed by atoms with E-state index in [1.54, 1.807) is 0 Å². The van der Waals surface area contributed by atoms with Gasteiger partial charge in [-0.3, -0.25) is 4.79 Å². The topological polar surface area (TPSA) is 25.2 Å². The minimum absolute atomic E-state index is 0.0921. The third-order valence-electron chi connectivity index (χ3n) is 6.44. The summed E-state index contributed by atoms with van der Waals surface area (Å²) in [5.74, 6) is 0.0932. The number of amides is 1. The van der Waals surface area contributed by atoms with Crippen molar-refractivity contribution in [3.63, 3.8) is 0 Å². The van der Waals surface area contributed by atoms with Crippen LogP contribution in [0.15, 0.2) is 90.3 Å². The van der Waals surface area contributed by atoms with E-state index in [1.165, 1.54) is 38.7 Å². The number of para-hydroxylation sites is 3. The molecule has 0 saturated heterocycles. The molecule has 0 spiro atoms. The molecule has 0 aliphatic carbocycles. The monoisotopic (exact) mass is 422 g/mol. The Labute approximate surface area is 185 Å². The summed E-state index contributed by atoms with van der Waals surface area (Å²) < 4.78 is 2.48. The molecule has 152 valence electrons. The van der Waals surface area contributed by atoms with Gasteiger partial charge in [0.25, 0.3) is 5.91 Å². The molecule has 2 atom stereocenters. The maximum Gasteiger partial charge on any atom is 0.268 e. The summed E-state index contributed by atoms with van der Waals surface area (Å²) in [4.78, 5) is 16.2. The Morgan fingerprint density at radius 3 is 2.16 bits per heavy atom. The lowest BCUT2D eigenvalue weighted by Crippen LogP contribution is -2.44. The highest BCUT2D eigenvalue weighted by Gasteiger charge is 2.36. The first-order valence-corrected chi connectivity index (χ1v) is 11.6. The number of aromatic nitrogens is 1. The number of carbonyl (C=O) groups is 1. The van der Waals surface area contributed by atoms with Crippen LogP contribution in [-0.2, 0) is 0 Å². The van der Waals surface area contributed by atoms with Crippen LogP contribution in [0.2, 0.25) is 0 Å². The molecule has 0 saturated carbocycles. The van der Waals surface area contributed by atoms with Gasteiger partial charge in [0.2, 0.25) is 0 Å². The van der Waals surface area contributed by atoms with Crippen LogP contribution in [0, 0.1) is 0 Å². The van der Waals surface area contributed by atoms with Gasteiger partial charge in [0.05, 0.1) is 10.9 Å². The number of rotatable bonds is 2. The van der Waals surface area contributed by atoms with Crippen LogP contribution in [0.5, 0.6) is 0 Å². The summed E-state index contributed by atoms with van der Waals surface area (Å²) >= 11 is 1.51. The van der Waals surface area contributed by atoms with Crippen molar-refractivity contribution in [2.45, 2.75) is 25.4 Å². The lowest BCUT2D eigenvalue weighted by atomic mass is 9.91. The predicted molar refractivity (Wildman–Crippen MR) is 129 cm³/mol. The maximum absolute atomic E-state index is 13.4. The molecule has 2 unspecified atom stereocenters. The quantitative estimate of drug-likeness (QED) is 0.304. The van der Waals surface area contributed by atoms with E-state index in [4.69, 9.17) is 0 Å². The van der Waals surface area contributed by atoms with Crippen LogP contribution >= 0.6 is 11.3 Å². The Hall–Kier alpha value is -3.37. The Morgan fingerprint density at radius 2 is 1.48 bits per heavy atom. The first-order chi connectivity index (χ1) is 15.2. The lowest BCUT2D eigenvalue weighted by molar-refractivity contribution is 0.0977. The molecule has 3 heterocycles. The molecule has 5 aromatic rings. The third kappa shape index (κ3) is 2.75. The van der Waals surface area contributed by atoms with Gasteiger partial charge in [-0.1, -0.05) is 60.7 Å². The van der Waals surface area contributed by atoms with Crippen molar-refractivity contribution >= 4 is 44.7 Å². The van der Waals surface area contributed by atoms with Gasteiger partial charge in [-0.2, -0.15) is 0 Å². The lowest BCUT2D eigenvalue weighted by Gasteiger charge is -2.40. The highest BCUT2D eigenvalue weighted by Crippen LogP contribution is 2.44. The van der Waals surface area contributed by atoms with E-state index in [0.29, 0.717) is 0 Å². The van der Waals surface area contributed by atoms with Crippen LogP contribution in [0.25, 0.3) is 21.8 Å². The fraction of sp³-hybridized carbons (Fsp3) is 0.148. The van der Waals surface area contributed by atoms with Crippen molar-refractivity contribution in [2.24, 2.45) is 0 Å². The van der Waals surface area contributed by atoms with Crippen molar-refractivity contribution in [3.8, 4) is 0 Å². The Kier molecular flexibility index (Phi) is 4.22. The average Bonchev–Trinajstić information content (AvgIpc) is 3.45. The second kappa shape index (κ2) is 7.10. The van der Waals surface area contributed by atoms with Gasteiger partial charge in [0, 0.05) is 33.5 Å². The Balaban J connectivity index is 1.57. The zero-order valence-electron chi connectivity index (χ0n) is 17.2. The van der Waals surface area contributed by atoms with E-state index >= 15 is 0 Å². The number of fused-ring (bicyclic) bond motifs is 4. The number of nitrogens with zero attached hydrogens (tertiary/aromatic N) is 2. The number of benzene rings is 3. The van der Waals surface area contributed by atoms with Crippen molar-refractivity contribution < 1.29 is 4.79 Å². The summed E-state index contributed by atoms with van der Waals surface area (Å²) in [6, 6.07) is 29.8. The zero-order chi connectivity index (χ0) is 20.9. The molecule has 3 aromatic carbocycles. The van der Waals surface area contributed by atoms with Gasteiger partial charge in [-0.25, -0.2) is 0 Å². The van der Waals surface area contributed by atoms with Crippen LogP contribution in [0.3, 0.4) is 0 Å². The standard InChI is InChI=1S/C27H22N2OS/c1-18-17-25(29-22-12-5-2-9-19(22)20-10-3-6-13-23(20)29)21-11-4-7-14-24(21)28(18)27(30)26-15-8-16-31-26/h2-16,18,25H,17H2,1H3. The largest absolute Gasteiger partial charge is 0.333 e. The summed E-state index contributed by atoms with van der Waals surface area (Å²) in [6.45, 7) is 2.17. The first kappa shape index (κ1) is 18.4. The number of anilines is 1. The predicted octanol–water partition coefficient (Wildman–Crippen LogP) is 6.88. The van der Waals surface area contributed by atoms with Gasteiger partial charge in [-0.05, 0) is 48.6 Å². The SMILES string of the molecule is CC1CC(n2c3ccccc3c3ccccc32)c2ccccc2N1C(=O)c1cccs1. The molecule has 3 nitrogen and oxygen atoms in total. The van der Waals surface area contributed by atoms with E-state index in [-0.39, 0.29) is 18.0 Å². The van der Waals surface area contributed by atoms with Gasteiger partial charge in [-0.15, -0.1) is 11.3 Å². The molecule has 31 heavy (non-hydrogen) atoms. The smallest absolute Gasteiger partial charge is 0.268 e. The second-order valence-electron chi connectivity index (χ2n) is 8.22. The van der Waals surface area contributed by atoms with E-state index < -0.39 is 0 Å². The molecule has 6 rings (SSSR count). The normalized spacial score (nSPS) is 18.4. The highest BCUT2D eigenvalue weighted by atomic mass is 32.1. The number of hydrogen-bond donors (Lipinski definition) is 0. The Morgan fingerprint density at radius 1 is 0.839 bits per heavy atom. The molecule has 0 radical (unpaired) electrons. The van der Waals surface area contributed by atoms with Gasteiger partial charge < -0.3 is 9.47 Å². The second-order valence-corrected chi connectivity index (χ2v) is 9.16. The number of carbonyl (C=O) groups excluding carboxylic acids is 1. The minimum atomic E-state index is 0.0921. The molecular formula is C27H22N2OS. The molecule has 0 N–H and O–H groups in total. The summed E-state index contributed by atoms with van der Waals surface area (Å²) in [7, 11) is 0. The molecule has 0 fully saturated rings. The van der Waals surface area contributed by atoms with Crippen LogP contribution < -0.4 is 4.90 Å². The number of hydrogen-bond acceptors (Lipinski definition) is 2. The van der Waals surface area contributed by atoms with Crippen molar-refractivity contribution in [1.29, 1.82) is 0 Å². The van der Waals surface area contributed by atoms with Gasteiger partial charge in [0.1, 0.15) is 0 Å². The molecule has 4 heteroatoms. The van der Waals surface area contributed by atoms with Crippen LogP contribution in [0.4, 0.5) is 5.69 Å². The number of thiophene rings is 1.